The predicted octanol–water partition coefficient (Wildman–Crippen LogP) is 2.22. The highest BCUT2D eigenvalue weighted by Gasteiger charge is 2.16. The van der Waals surface area contributed by atoms with Gasteiger partial charge in [0.1, 0.15) is 0 Å². The van der Waals surface area contributed by atoms with Gasteiger partial charge in [0.25, 0.3) is 0 Å². The minimum Gasteiger partial charge on any atom is -0.356 e. The van der Waals surface area contributed by atoms with Crippen LogP contribution in [0.1, 0.15) is 57.8 Å². The molecule has 0 unspecified atom stereocenters. The molecule has 3 nitrogen and oxygen atoms in total. The van der Waals surface area contributed by atoms with E-state index in [9.17, 15) is 4.79 Å². The van der Waals surface area contributed by atoms with Gasteiger partial charge in [-0.2, -0.15) is 0 Å². The van der Waals surface area contributed by atoms with Crippen molar-refractivity contribution in [3.8, 4) is 0 Å². The van der Waals surface area contributed by atoms with E-state index in [-0.39, 0.29) is 5.91 Å². The number of carbonyl (C=O) groups is 1. The standard InChI is InChI=1S/C14H26N2O/c17-14(8-7-12-4-1-2-5-12)16-11-9-13-6-3-10-15-13/h12-13,15H,1-11H2,(H,16,17)/t13-/m1/s1. The van der Waals surface area contributed by atoms with Crippen LogP contribution in [0.3, 0.4) is 0 Å². The average Bonchev–Trinajstić information content (AvgIpc) is 2.99. The average molecular weight is 238 g/mol. The topological polar surface area (TPSA) is 41.1 Å². The van der Waals surface area contributed by atoms with Crippen molar-refractivity contribution < 1.29 is 4.79 Å². The number of nitrogens with one attached hydrogen (secondary N) is 2. The van der Waals surface area contributed by atoms with Crippen LogP contribution in [0.2, 0.25) is 0 Å². The second-order valence-electron chi connectivity index (χ2n) is 5.62. The molecule has 1 aliphatic carbocycles. The quantitative estimate of drug-likeness (QED) is 0.745. The molecule has 1 aliphatic heterocycles. The summed E-state index contributed by atoms with van der Waals surface area (Å²) in [6.07, 6.45) is 10.9. The number of carbonyl (C=O) groups excluding carboxylic acids is 1. The van der Waals surface area contributed by atoms with Gasteiger partial charge < -0.3 is 10.6 Å². The summed E-state index contributed by atoms with van der Waals surface area (Å²) in [4.78, 5) is 11.6. The van der Waals surface area contributed by atoms with E-state index in [4.69, 9.17) is 0 Å². The summed E-state index contributed by atoms with van der Waals surface area (Å²) >= 11 is 0. The Kier molecular flexibility index (Phi) is 5.30. The molecule has 98 valence electrons. The number of amides is 1. The first-order valence-electron chi connectivity index (χ1n) is 7.34. The van der Waals surface area contributed by atoms with Crippen molar-refractivity contribution in [1.82, 2.24) is 10.6 Å². The van der Waals surface area contributed by atoms with Gasteiger partial charge in [0.15, 0.2) is 0 Å². The largest absolute Gasteiger partial charge is 0.356 e. The van der Waals surface area contributed by atoms with E-state index < -0.39 is 0 Å². The molecule has 1 saturated heterocycles. The van der Waals surface area contributed by atoms with Gasteiger partial charge >= 0.3 is 0 Å². The summed E-state index contributed by atoms with van der Waals surface area (Å²) in [5, 5.41) is 6.51. The van der Waals surface area contributed by atoms with E-state index in [1.54, 1.807) is 0 Å². The van der Waals surface area contributed by atoms with Crippen molar-refractivity contribution in [3.05, 3.63) is 0 Å². The summed E-state index contributed by atoms with van der Waals surface area (Å²) in [7, 11) is 0. The van der Waals surface area contributed by atoms with Crippen LogP contribution in [0.25, 0.3) is 0 Å². The van der Waals surface area contributed by atoms with Gasteiger partial charge in [0.05, 0.1) is 0 Å². The van der Waals surface area contributed by atoms with Gasteiger partial charge in [-0.15, -0.1) is 0 Å². The van der Waals surface area contributed by atoms with Gasteiger partial charge in [-0.1, -0.05) is 25.7 Å². The maximum absolute atomic E-state index is 11.6. The molecule has 0 spiro atoms. The molecule has 17 heavy (non-hydrogen) atoms. The lowest BCUT2D eigenvalue weighted by Gasteiger charge is -2.12. The molecule has 0 bridgehead atoms. The predicted molar refractivity (Wildman–Crippen MR) is 69.8 cm³/mol. The van der Waals surface area contributed by atoms with Crippen LogP contribution in [-0.4, -0.2) is 25.0 Å². The van der Waals surface area contributed by atoms with E-state index >= 15 is 0 Å². The Balaban J connectivity index is 1.48. The minimum absolute atomic E-state index is 0.259. The molecule has 1 saturated carbocycles. The first-order valence-corrected chi connectivity index (χ1v) is 7.34. The molecule has 1 amide bonds. The van der Waals surface area contributed by atoms with Gasteiger partial charge in [-0.25, -0.2) is 0 Å². The zero-order chi connectivity index (χ0) is 11.9. The molecule has 0 aromatic rings. The van der Waals surface area contributed by atoms with E-state index in [2.05, 4.69) is 10.6 Å². The fourth-order valence-corrected chi connectivity index (χ4v) is 3.11. The summed E-state index contributed by atoms with van der Waals surface area (Å²) < 4.78 is 0. The van der Waals surface area contributed by atoms with Crippen molar-refractivity contribution in [2.75, 3.05) is 13.1 Å². The molecule has 3 heteroatoms. The fraction of sp³-hybridized carbons (Fsp3) is 0.929. The van der Waals surface area contributed by atoms with E-state index in [0.29, 0.717) is 6.04 Å². The zero-order valence-electron chi connectivity index (χ0n) is 10.8. The molecule has 2 aliphatic rings. The Bertz CT molecular complexity index is 230. The third-order valence-electron chi connectivity index (χ3n) is 4.23. The van der Waals surface area contributed by atoms with Crippen molar-refractivity contribution in [2.45, 2.75) is 63.8 Å². The van der Waals surface area contributed by atoms with Crippen LogP contribution in [0, 0.1) is 5.92 Å². The number of rotatable bonds is 6. The monoisotopic (exact) mass is 238 g/mol. The van der Waals surface area contributed by atoms with E-state index in [1.807, 2.05) is 0 Å². The van der Waals surface area contributed by atoms with Crippen molar-refractivity contribution in [2.24, 2.45) is 5.92 Å². The van der Waals surface area contributed by atoms with Gasteiger partial charge in [0.2, 0.25) is 5.91 Å². The highest BCUT2D eigenvalue weighted by molar-refractivity contribution is 5.75. The Morgan fingerprint density at radius 2 is 1.94 bits per heavy atom. The van der Waals surface area contributed by atoms with E-state index in [0.717, 1.165) is 38.3 Å². The SMILES string of the molecule is O=C(CCC1CCCC1)NCC[C@H]1CCCN1. The third-order valence-corrected chi connectivity index (χ3v) is 4.23. The van der Waals surface area contributed by atoms with Crippen molar-refractivity contribution in [1.29, 1.82) is 0 Å². The number of hydrogen-bond acceptors (Lipinski definition) is 2. The molecule has 2 rings (SSSR count). The molecule has 2 N–H and O–H groups in total. The summed E-state index contributed by atoms with van der Waals surface area (Å²) in [5.41, 5.74) is 0. The van der Waals surface area contributed by atoms with Crippen LogP contribution in [0.4, 0.5) is 0 Å². The molecule has 2 fully saturated rings. The maximum Gasteiger partial charge on any atom is 0.220 e. The molecule has 0 aromatic heterocycles. The summed E-state index contributed by atoms with van der Waals surface area (Å²) in [6, 6.07) is 0.644. The summed E-state index contributed by atoms with van der Waals surface area (Å²) in [6.45, 7) is 2.00. The van der Waals surface area contributed by atoms with Crippen LogP contribution in [0.15, 0.2) is 0 Å². The van der Waals surface area contributed by atoms with Gasteiger partial charge in [-0.3, -0.25) is 4.79 Å². The Morgan fingerprint density at radius 1 is 1.12 bits per heavy atom. The zero-order valence-corrected chi connectivity index (χ0v) is 10.8. The highest BCUT2D eigenvalue weighted by Crippen LogP contribution is 2.28. The second-order valence-corrected chi connectivity index (χ2v) is 5.62. The molecular formula is C14H26N2O. The molecule has 1 atom stereocenters. The first kappa shape index (κ1) is 12.9. The minimum atomic E-state index is 0.259. The lowest BCUT2D eigenvalue weighted by atomic mass is 10.0. The first-order chi connectivity index (χ1) is 8.34. The highest BCUT2D eigenvalue weighted by atomic mass is 16.1. The lowest BCUT2D eigenvalue weighted by Crippen LogP contribution is -2.30. The molecule has 1 heterocycles. The molecular weight excluding hydrogens is 212 g/mol. The smallest absolute Gasteiger partial charge is 0.220 e. The lowest BCUT2D eigenvalue weighted by molar-refractivity contribution is -0.121. The van der Waals surface area contributed by atoms with Crippen LogP contribution in [0.5, 0.6) is 0 Å². The van der Waals surface area contributed by atoms with E-state index in [1.165, 1.54) is 38.5 Å². The van der Waals surface area contributed by atoms with Crippen molar-refractivity contribution in [3.63, 3.8) is 0 Å². The molecule has 0 aromatic carbocycles. The summed E-state index contributed by atoms with van der Waals surface area (Å²) in [5.74, 6) is 1.09. The van der Waals surface area contributed by atoms with Crippen LogP contribution < -0.4 is 10.6 Å². The van der Waals surface area contributed by atoms with Gasteiger partial charge in [-0.05, 0) is 38.1 Å². The van der Waals surface area contributed by atoms with Gasteiger partial charge in [0, 0.05) is 19.0 Å². The van der Waals surface area contributed by atoms with Crippen LogP contribution in [-0.2, 0) is 4.79 Å². The Morgan fingerprint density at radius 3 is 2.65 bits per heavy atom. The molecule has 0 radical (unpaired) electrons. The fourth-order valence-electron chi connectivity index (χ4n) is 3.11. The Labute approximate surface area is 105 Å². The number of hydrogen-bond donors (Lipinski definition) is 2. The third kappa shape index (κ3) is 4.66. The Hall–Kier alpha value is -0.570. The van der Waals surface area contributed by atoms with Crippen LogP contribution >= 0.6 is 0 Å². The normalized spacial score (nSPS) is 25.3. The van der Waals surface area contributed by atoms with Crippen molar-refractivity contribution >= 4 is 5.91 Å². The second kappa shape index (κ2) is 7.00. The maximum atomic E-state index is 11.6.